The maximum Gasteiger partial charge on any atom is 0.234 e. The topological polar surface area (TPSA) is 54.9 Å². The third kappa shape index (κ3) is 5.32. The van der Waals surface area contributed by atoms with Gasteiger partial charge in [-0.25, -0.2) is 8.78 Å². The number of hydrogen-bond donors (Lipinski definition) is 1. The van der Waals surface area contributed by atoms with E-state index in [0.717, 1.165) is 34.5 Å². The van der Waals surface area contributed by atoms with E-state index >= 15 is 0 Å². The van der Waals surface area contributed by atoms with Crippen LogP contribution >= 0.6 is 11.8 Å². The van der Waals surface area contributed by atoms with E-state index in [1.54, 1.807) is 6.07 Å². The molecule has 0 saturated carbocycles. The minimum Gasteiger partial charge on any atom is -0.323 e. The number of thioether (sulfide) groups is 1. The molecule has 4 aromatic rings. The summed E-state index contributed by atoms with van der Waals surface area (Å²) in [6, 6.07) is 24.8. The number of amides is 1. The molecule has 0 saturated heterocycles. The second-order valence-electron chi connectivity index (χ2n) is 6.66. The molecule has 1 amide bonds. The number of rotatable bonds is 6. The number of hydrogen-bond acceptors (Lipinski definition) is 4. The Hall–Kier alpha value is -3.58. The molecule has 0 aliphatic rings. The number of halogens is 2. The summed E-state index contributed by atoms with van der Waals surface area (Å²) in [5, 5.41) is 11.4. The van der Waals surface area contributed by atoms with Gasteiger partial charge >= 0.3 is 0 Å². The predicted octanol–water partition coefficient (Wildman–Crippen LogP) is 5.82. The fourth-order valence-electron chi connectivity index (χ4n) is 2.93. The first-order chi connectivity index (χ1) is 15.1. The minimum atomic E-state index is -0.819. The van der Waals surface area contributed by atoms with Gasteiger partial charge in [0.05, 0.1) is 17.1 Å². The van der Waals surface area contributed by atoms with Gasteiger partial charge in [0.1, 0.15) is 16.7 Å². The summed E-state index contributed by atoms with van der Waals surface area (Å²) in [4.78, 5) is 12.0. The van der Waals surface area contributed by atoms with Crippen molar-refractivity contribution < 1.29 is 13.6 Å². The van der Waals surface area contributed by atoms with Crippen molar-refractivity contribution in [3.8, 4) is 22.4 Å². The molecule has 7 heteroatoms. The van der Waals surface area contributed by atoms with Crippen LogP contribution in [0, 0.1) is 11.6 Å². The van der Waals surface area contributed by atoms with Gasteiger partial charge in [-0.3, -0.25) is 4.79 Å². The molecular formula is C24H17F2N3OS. The molecule has 0 aliphatic heterocycles. The van der Waals surface area contributed by atoms with Crippen LogP contribution in [-0.4, -0.2) is 21.9 Å². The summed E-state index contributed by atoms with van der Waals surface area (Å²) < 4.78 is 26.6. The van der Waals surface area contributed by atoms with Crippen LogP contribution in [0.3, 0.4) is 0 Å². The summed E-state index contributed by atoms with van der Waals surface area (Å²) in [6.07, 6.45) is 0. The van der Waals surface area contributed by atoms with Gasteiger partial charge in [0.15, 0.2) is 0 Å². The normalized spacial score (nSPS) is 10.6. The first-order valence-corrected chi connectivity index (χ1v) is 10.4. The van der Waals surface area contributed by atoms with Crippen molar-refractivity contribution in [1.29, 1.82) is 0 Å². The zero-order chi connectivity index (χ0) is 21.6. The van der Waals surface area contributed by atoms with Crippen LogP contribution in [0.25, 0.3) is 22.4 Å². The lowest BCUT2D eigenvalue weighted by molar-refractivity contribution is -0.113. The van der Waals surface area contributed by atoms with Crippen molar-refractivity contribution in [2.75, 3.05) is 11.1 Å². The van der Waals surface area contributed by atoms with Crippen LogP contribution in [0.4, 0.5) is 14.5 Å². The maximum atomic E-state index is 13.6. The Morgan fingerprint density at radius 1 is 0.806 bits per heavy atom. The van der Waals surface area contributed by atoms with Crippen LogP contribution < -0.4 is 5.32 Å². The van der Waals surface area contributed by atoms with Gasteiger partial charge in [-0.15, -0.1) is 10.2 Å². The molecule has 1 N–H and O–H groups in total. The largest absolute Gasteiger partial charge is 0.323 e. The summed E-state index contributed by atoms with van der Waals surface area (Å²) in [6.45, 7) is 0. The van der Waals surface area contributed by atoms with Gasteiger partial charge in [0.25, 0.3) is 0 Å². The van der Waals surface area contributed by atoms with Crippen LogP contribution in [0.15, 0.2) is 90.0 Å². The second kappa shape index (κ2) is 9.49. The summed E-state index contributed by atoms with van der Waals surface area (Å²) in [5.41, 5.74) is 3.86. The number of aromatic nitrogens is 2. The zero-order valence-corrected chi connectivity index (χ0v) is 17.1. The van der Waals surface area contributed by atoms with E-state index in [9.17, 15) is 13.6 Å². The van der Waals surface area contributed by atoms with Crippen molar-refractivity contribution in [1.82, 2.24) is 10.2 Å². The molecule has 0 fully saturated rings. The monoisotopic (exact) mass is 433 g/mol. The Balaban J connectivity index is 1.35. The van der Waals surface area contributed by atoms with Crippen molar-refractivity contribution in [3.63, 3.8) is 0 Å². The molecule has 0 atom stereocenters. The van der Waals surface area contributed by atoms with Gasteiger partial charge in [0.2, 0.25) is 5.91 Å². The molecule has 4 rings (SSSR count). The highest BCUT2D eigenvalue weighted by molar-refractivity contribution is 7.99. The lowest BCUT2D eigenvalue weighted by atomic mass is 10.0. The van der Waals surface area contributed by atoms with Crippen LogP contribution in [0.2, 0.25) is 0 Å². The number of benzene rings is 3. The molecule has 0 bridgehead atoms. The number of carbonyl (C=O) groups is 1. The smallest absolute Gasteiger partial charge is 0.234 e. The Kier molecular flexibility index (Phi) is 6.33. The fraction of sp³-hybridized carbons (Fsp3) is 0.0417. The van der Waals surface area contributed by atoms with E-state index in [1.165, 1.54) is 17.8 Å². The van der Waals surface area contributed by atoms with Crippen LogP contribution in [0.1, 0.15) is 0 Å². The van der Waals surface area contributed by atoms with Crippen molar-refractivity contribution in [2.24, 2.45) is 0 Å². The number of anilines is 1. The third-order valence-corrected chi connectivity index (χ3v) is 5.40. The van der Waals surface area contributed by atoms with E-state index in [0.29, 0.717) is 5.03 Å². The number of nitrogens with zero attached hydrogens (tertiary/aromatic N) is 2. The fourth-order valence-corrected chi connectivity index (χ4v) is 3.55. The molecule has 0 spiro atoms. The molecule has 154 valence electrons. The van der Waals surface area contributed by atoms with Crippen molar-refractivity contribution >= 4 is 23.4 Å². The Morgan fingerprint density at radius 3 is 2.19 bits per heavy atom. The van der Waals surface area contributed by atoms with Crippen molar-refractivity contribution in [2.45, 2.75) is 5.03 Å². The molecule has 0 unspecified atom stereocenters. The first kappa shape index (κ1) is 20.7. The van der Waals surface area contributed by atoms with E-state index in [1.807, 2.05) is 48.5 Å². The lowest BCUT2D eigenvalue weighted by Gasteiger charge is -2.07. The molecule has 4 nitrogen and oxygen atoms in total. The summed E-state index contributed by atoms with van der Waals surface area (Å²) in [7, 11) is 0. The average molecular weight is 433 g/mol. The van der Waals surface area contributed by atoms with Gasteiger partial charge in [-0.1, -0.05) is 66.4 Å². The highest BCUT2D eigenvalue weighted by Gasteiger charge is 2.10. The van der Waals surface area contributed by atoms with Crippen LogP contribution in [-0.2, 0) is 4.79 Å². The van der Waals surface area contributed by atoms with Crippen molar-refractivity contribution in [3.05, 3.63) is 96.6 Å². The van der Waals surface area contributed by atoms with E-state index < -0.39 is 17.5 Å². The summed E-state index contributed by atoms with van der Waals surface area (Å²) >= 11 is 1.18. The zero-order valence-electron chi connectivity index (χ0n) is 16.3. The standard InChI is InChI=1S/C24H17F2N3OS/c25-19-10-11-22(20(26)14-19)27-23(30)15-31-24-13-12-21(28-29-24)18-8-6-17(7-9-18)16-4-2-1-3-5-16/h1-14H,15H2,(H,27,30). The number of carbonyl (C=O) groups excluding carboxylic acids is 1. The molecule has 31 heavy (non-hydrogen) atoms. The quantitative estimate of drug-likeness (QED) is 0.389. The molecule has 0 radical (unpaired) electrons. The molecule has 1 aromatic heterocycles. The Labute approximate surface area is 182 Å². The maximum absolute atomic E-state index is 13.6. The Bertz CT molecular complexity index is 1180. The van der Waals surface area contributed by atoms with E-state index in [2.05, 4.69) is 27.6 Å². The molecule has 1 heterocycles. The lowest BCUT2D eigenvalue weighted by Crippen LogP contribution is -2.15. The van der Waals surface area contributed by atoms with E-state index in [4.69, 9.17) is 0 Å². The molecule has 3 aromatic carbocycles. The van der Waals surface area contributed by atoms with Gasteiger partial charge in [-0.2, -0.15) is 0 Å². The SMILES string of the molecule is O=C(CSc1ccc(-c2ccc(-c3ccccc3)cc2)nn1)Nc1ccc(F)cc1F. The van der Waals surface area contributed by atoms with Gasteiger partial charge < -0.3 is 5.32 Å². The molecule has 0 aliphatic carbocycles. The van der Waals surface area contributed by atoms with E-state index in [-0.39, 0.29) is 11.4 Å². The Morgan fingerprint density at radius 2 is 1.52 bits per heavy atom. The minimum absolute atomic E-state index is 0.0244. The van der Waals surface area contributed by atoms with Crippen LogP contribution in [0.5, 0.6) is 0 Å². The highest BCUT2D eigenvalue weighted by atomic mass is 32.2. The highest BCUT2D eigenvalue weighted by Crippen LogP contribution is 2.24. The number of nitrogens with one attached hydrogen (secondary N) is 1. The molecular weight excluding hydrogens is 416 g/mol. The van der Waals surface area contributed by atoms with Gasteiger partial charge in [0, 0.05) is 11.6 Å². The average Bonchev–Trinajstić information content (AvgIpc) is 2.81. The summed E-state index contributed by atoms with van der Waals surface area (Å²) in [5.74, 6) is -1.91. The first-order valence-electron chi connectivity index (χ1n) is 9.46. The second-order valence-corrected chi connectivity index (χ2v) is 7.66. The predicted molar refractivity (Wildman–Crippen MR) is 119 cm³/mol. The van der Waals surface area contributed by atoms with Gasteiger partial charge in [-0.05, 0) is 35.4 Å². The third-order valence-electron chi connectivity index (χ3n) is 4.48.